The van der Waals surface area contributed by atoms with Crippen molar-refractivity contribution in [3.8, 4) is 0 Å². The van der Waals surface area contributed by atoms with Gasteiger partial charge in [-0.25, -0.2) is 10.6 Å². The SMILES string of the molecule is COC(=O)C1=C(Cl)C(CC2CC2)=NC(C2CC2)N1N. The Balaban J connectivity index is 1.92. The van der Waals surface area contributed by atoms with Crippen molar-refractivity contribution < 1.29 is 9.53 Å². The minimum atomic E-state index is -0.485. The smallest absolute Gasteiger partial charge is 0.357 e. The van der Waals surface area contributed by atoms with Gasteiger partial charge in [0.1, 0.15) is 6.17 Å². The van der Waals surface area contributed by atoms with Crippen LogP contribution in [0.5, 0.6) is 0 Å². The van der Waals surface area contributed by atoms with Gasteiger partial charge >= 0.3 is 5.97 Å². The molecule has 0 spiro atoms. The third-order valence-corrected chi connectivity index (χ3v) is 4.29. The monoisotopic (exact) mass is 283 g/mol. The molecule has 0 aromatic heterocycles. The maximum Gasteiger partial charge on any atom is 0.357 e. The number of rotatable bonds is 4. The first kappa shape index (κ1) is 12.9. The average molecular weight is 284 g/mol. The van der Waals surface area contributed by atoms with E-state index in [4.69, 9.17) is 22.2 Å². The summed E-state index contributed by atoms with van der Waals surface area (Å²) in [5.41, 5.74) is 1.08. The molecule has 3 rings (SSSR count). The number of carbonyl (C=O) groups is 1. The average Bonchev–Trinajstić information content (AvgIpc) is 3.25. The van der Waals surface area contributed by atoms with Crippen molar-refractivity contribution >= 4 is 23.3 Å². The number of carbonyl (C=O) groups excluding carboxylic acids is 1. The van der Waals surface area contributed by atoms with E-state index in [9.17, 15) is 4.79 Å². The molecule has 1 heterocycles. The van der Waals surface area contributed by atoms with Crippen LogP contribution in [0, 0.1) is 11.8 Å². The van der Waals surface area contributed by atoms with Crippen molar-refractivity contribution in [3.63, 3.8) is 0 Å². The quantitative estimate of drug-likeness (QED) is 0.631. The van der Waals surface area contributed by atoms with Crippen LogP contribution in [-0.4, -0.2) is 30.0 Å². The highest BCUT2D eigenvalue weighted by molar-refractivity contribution is 6.45. The second kappa shape index (κ2) is 4.80. The van der Waals surface area contributed by atoms with Crippen LogP contribution in [0.25, 0.3) is 0 Å². The van der Waals surface area contributed by atoms with Crippen LogP contribution in [-0.2, 0) is 9.53 Å². The Morgan fingerprint density at radius 2 is 2.16 bits per heavy atom. The van der Waals surface area contributed by atoms with Crippen LogP contribution >= 0.6 is 11.6 Å². The number of hydrazine groups is 1. The number of methoxy groups -OCH3 is 1. The minimum absolute atomic E-state index is 0.162. The van der Waals surface area contributed by atoms with Gasteiger partial charge in [-0.1, -0.05) is 11.6 Å². The standard InChI is InChI=1S/C13H18ClN3O2/c1-19-13(18)11-10(14)9(6-7-2-3-7)16-12(17(11)15)8-4-5-8/h7-8,12H,2-6,15H2,1H3. The number of nitrogens with zero attached hydrogens (tertiary/aromatic N) is 2. The molecule has 0 aromatic rings. The van der Waals surface area contributed by atoms with Crippen molar-refractivity contribution in [3.05, 3.63) is 10.7 Å². The zero-order chi connectivity index (χ0) is 13.6. The summed E-state index contributed by atoms with van der Waals surface area (Å²) < 4.78 is 4.79. The third-order valence-electron chi connectivity index (χ3n) is 3.89. The molecule has 2 N–H and O–H groups in total. The summed E-state index contributed by atoms with van der Waals surface area (Å²) >= 11 is 6.31. The van der Waals surface area contributed by atoms with Gasteiger partial charge in [0.25, 0.3) is 0 Å². The largest absolute Gasteiger partial charge is 0.464 e. The van der Waals surface area contributed by atoms with E-state index in [2.05, 4.69) is 4.99 Å². The van der Waals surface area contributed by atoms with Crippen molar-refractivity contribution in [2.45, 2.75) is 38.3 Å². The lowest BCUT2D eigenvalue weighted by molar-refractivity contribution is -0.138. The van der Waals surface area contributed by atoms with Gasteiger partial charge < -0.3 is 4.74 Å². The summed E-state index contributed by atoms with van der Waals surface area (Å²) in [7, 11) is 1.34. The lowest BCUT2D eigenvalue weighted by Gasteiger charge is -2.32. The minimum Gasteiger partial charge on any atom is -0.464 e. The third kappa shape index (κ3) is 2.49. The highest BCUT2D eigenvalue weighted by Gasteiger charge is 2.42. The molecule has 6 heteroatoms. The summed E-state index contributed by atoms with van der Waals surface area (Å²) in [5.74, 6) is 6.63. The van der Waals surface area contributed by atoms with Crippen LogP contribution in [0.1, 0.15) is 32.1 Å². The van der Waals surface area contributed by atoms with E-state index >= 15 is 0 Å². The topological polar surface area (TPSA) is 67.9 Å². The van der Waals surface area contributed by atoms with Crippen LogP contribution in [0.3, 0.4) is 0 Å². The molecule has 104 valence electrons. The van der Waals surface area contributed by atoms with E-state index in [1.807, 2.05) is 0 Å². The molecular weight excluding hydrogens is 266 g/mol. The summed E-state index contributed by atoms with van der Waals surface area (Å²) in [4.78, 5) is 16.6. The predicted octanol–water partition coefficient (Wildman–Crippen LogP) is 1.78. The molecule has 1 unspecified atom stereocenters. The molecule has 3 aliphatic rings. The summed E-state index contributed by atoms with van der Waals surface area (Å²) in [6.07, 6.45) is 5.32. The molecule has 2 aliphatic carbocycles. The fourth-order valence-electron chi connectivity index (χ4n) is 2.42. The van der Waals surface area contributed by atoms with Gasteiger partial charge in [-0.05, 0) is 38.0 Å². The Morgan fingerprint density at radius 3 is 2.68 bits per heavy atom. The number of hydrogen-bond donors (Lipinski definition) is 1. The number of allylic oxidation sites excluding steroid dienone is 1. The number of ether oxygens (including phenoxy) is 1. The van der Waals surface area contributed by atoms with Crippen molar-refractivity contribution in [2.75, 3.05) is 7.11 Å². The maximum absolute atomic E-state index is 11.9. The van der Waals surface area contributed by atoms with Crippen molar-refractivity contribution in [2.24, 2.45) is 22.7 Å². The molecule has 0 radical (unpaired) electrons. The predicted molar refractivity (Wildman–Crippen MR) is 72.2 cm³/mol. The Morgan fingerprint density at radius 1 is 1.47 bits per heavy atom. The highest BCUT2D eigenvalue weighted by atomic mass is 35.5. The molecule has 0 bridgehead atoms. The van der Waals surface area contributed by atoms with E-state index in [0.717, 1.165) is 25.0 Å². The van der Waals surface area contributed by atoms with Gasteiger partial charge in [-0.2, -0.15) is 0 Å². The fraction of sp³-hybridized carbons (Fsp3) is 0.692. The van der Waals surface area contributed by atoms with Gasteiger partial charge in [0.05, 0.1) is 17.9 Å². The molecular formula is C13H18ClN3O2. The Kier molecular flexibility index (Phi) is 3.27. The number of nitrogens with two attached hydrogens (primary N) is 1. The number of aliphatic imine (C=N–C) groups is 1. The van der Waals surface area contributed by atoms with E-state index in [1.54, 1.807) is 0 Å². The normalized spacial score (nSPS) is 27.4. The molecule has 2 fully saturated rings. The van der Waals surface area contributed by atoms with Gasteiger partial charge in [0.2, 0.25) is 0 Å². The number of esters is 1. The van der Waals surface area contributed by atoms with Crippen LogP contribution in [0.4, 0.5) is 0 Å². The van der Waals surface area contributed by atoms with Gasteiger partial charge in [-0.3, -0.25) is 10.0 Å². The van der Waals surface area contributed by atoms with E-state index in [-0.39, 0.29) is 11.9 Å². The first-order valence-corrected chi connectivity index (χ1v) is 7.08. The van der Waals surface area contributed by atoms with Gasteiger partial charge in [0.15, 0.2) is 5.70 Å². The number of halogens is 1. The summed E-state index contributed by atoms with van der Waals surface area (Å²) in [6, 6.07) is 0. The molecule has 5 nitrogen and oxygen atoms in total. The van der Waals surface area contributed by atoms with Crippen LogP contribution in [0.15, 0.2) is 15.7 Å². The molecule has 0 saturated heterocycles. The second-order valence-electron chi connectivity index (χ2n) is 5.54. The fourth-order valence-corrected chi connectivity index (χ4v) is 2.72. The Labute approximate surface area is 117 Å². The van der Waals surface area contributed by atoms with E-state index in [1.165, 1.54) is 25.0 Å². The second-order valence-corrected chi connectivity index (χ2v) is 5.91. The first-order valence-electron chi connectivity index (χ1n) is 6.71. The summed E-state index contributed by atoms with van der Waals surface area (Å²) in [5, 5.41) is 1.75. The zero-order valence-corrected chi connectivity index (χ0v) is 11.7. The van der Waals surface area contributed by atoms with E-state index in [0.29, 0.717) is 16.9 Å². The highest BCUT2D eigenvalue weighted by Crippen LogP contribution is 2.41. The Hall–Kier alpha value is -1.07. The summed E-state index contributed by atoms with van der Waals surface area (Å²) in [6.45, 7) is 0. The maximum atomic E-state index is 11.9. The molecule has 2 saturated carbocycles. The molecule has 0 aromatic carbocycles. The molecule has 19 heavy (non-hydrogen) atoms. The van der Waals surface area contributed by atoms with Crippen LogP contribution in [0.2, 0.25) is 0 Å². The van der Waals surface area contributed by atoms with E-state index < -0.39 is 5.97 Å². The van der Waals surface area contributed by atoms with Crippen molar-refractivity contribution in [1.82, 2.24) is 5.01 Å². The van der Waals surface area contributed by atoms with Crippen LogP contribution < -0.4 is 5.84 Å². The lowest BCUT2D eigenvalue weighted by atomic mass is 10.1. The van der Waals surface area contributed by atoms with Gasteiger partial charge in [-0.15, -0.1) is 0 Å². The molecule has 1 atom stereocenters. The van der Waals surface area contributed by atoms with Crippen molar-refractivity contribution in [1.29, 1.82) is 0 Å². The zero-order valence-electron chi connectivity index (χ0n) is 10.9. The lowest BCUT2D eigenvalue weighted by Crippen LogP contribution is -2.47. The first-order chi connectivity index (χ1) is 9.11. The molecule has 1 aliphatic heterocycles. The number of hydrogen-bond acceptors (Lipinski definition) is 5. The molecule has 0 amide bonds. The van der Waals surface area contributed by atoms with Gasteiger partial charge in [0, 0.05) is 5.92 Å². The Bertz CT molecular complexity index is 467.